The van der Waals surface area contributed by atoms with Gasteiger partial charge in [0, 0.05) is 28.4 Å². The van der Waals surface area contributed by atoms with Gasteiger partial charge in [0.1, 0.15) is 30.3 Å². The van der Waals surface area contributed by atoms with Gasteiger partial charge in [0.25, 0.3) is 0 Å². The fourth-order valence-corrected chi connectivity index (χ4v) is 4.68. The molecule has 2 aromatic heterocycles. The molecule has 5 rings (SSSR count). The van der Waals surface area contributed by atoms with Crippen molar-refractivity contribution < 1.29 is 9.13 Å². The van der Waals surface area contributed by atoms with Crippen LogP contribution in [0.2, 0.25) is 5.02 Å². The van der Waals surface area contributed by atoms with E-state index in [1.54, 1.807) is 35.6 Å². The normalized spacial score (nSPS) is 11.1. The van der Waals surface area contributed by atoms with Crippen LogP contribution >= 0.6 is 22.9 Å². The Morgan fingerprint density at radius 3 is 2.80 bits per heavy atom. The molecule has 9 heteroatoms. The van der Waals surface area contributed by atoms with Crippen molar-refractivity contribution in [2.24, 2.45) is 5.73 Å². The fourth-order valence-electron chi connectivity index (χ4n) is 3.62. The molecule has 3 aromatic carbocycles. The predicted octanol–water partition coefficient (Wildman–Crippen LogP) is 6.37. The molecule has 0 fully saturated rings. The van der Waals surface area contributed by atoms with Gasteiger partial charge in [-0.15, -0.1) is 11.3 Å². The van der Waals surface area contributed by atoms with Gasteiger partial charge in [0.05, 0.1) is 21.2 Å². The zero-order valence-corrected chi connectivity index (χ0v) is 20.1. The molecular formula is C26H21ClFN5OS. The highest BCUT2D eigenvalue weighted by molar-refractivity contribution is 7.09. The first-order chi connectivity index (χ1) is 17.1. The summed E-state index contributed by atoms with van der Waals surface area (Å²) in [4.78, 5) is 13.5. The molecule has 0 spiro atoms. The third-order valence-electron chi connectivity index (χ3n) is 5.32. The highest BCUT2D eigenvalue weighted by Crippen LogP contribution is 2.32. The van der Waals surface area contributed by atoms with E-state index in [-0.39, 0.29) is 12.4 Å². The zero-order chi connectivity index (χ0) is 24.2. The van der Waals surface area contributed by atoms with Crippen LogP contribution in [-0.2, 0) is 13.0 Å². The molecule has 2 heterocycles. The number of thiazole rings is 1. The van der Waals surface area contributed by atoms with Gasteiger partial charge in [-0.2, -0.15) is 0 Å². The van der Waals surface area contributed by atoms with Crippen LogP contribution in [0.5, 0.6) is 5.75 Å². The van der Waals surface area contributed by atoms with E-state index in [4.69, 9.17) is 22.1 Å². The van der Waals surface area contributed by atoms with Gasteiger partial charge in [0.15, 0.2) is 0 Å². The van der Waals surface area contributed by atoms with Crippen molar-refractivity contribution in [3.8, 4) is 17.0 Å². The maximum atomic E-state index is 13.4. The second-order valence-corrected chi connectivity index (χ2v) is 9.16. The number of hydrogen-bond acceptors (Lipinski definition) is 7. The molecule has 5 aromatic rings. The van der Waals surface area contributed by atoms with E-state index in [9.17, 15) is 4.39 Å². The second kappa shape index (κ2) is 10.4. The van der Waals surface area contributed by atoms with Crippen molar-refractivity contribution in [2.45, 2.75) is 13.0 Å². The fraction of sp³-hybridized carbons (Fsp3) is 0.115. The summed E-state index contributed by atoms with van der Waals surface area (Å²) < 4.78 is 19.2. The van der Waals surface area contributed by atoms with Gasteiger partial charge >= 0.3 is 0 Å². The van der Waals surface area contributed by atoms with Crippen molar-refractivity contribution >= 4 is 45.3 Å². The lowest BCUT2D eigenvalue weighted by Gasteiger charge is -2.12. The molecular weight excluding hydrogens is 485 g/mol. The van der Waals surface area contributed by atoms with E-state index in [1.165, 1.54) is 18.5 Å². The third kappa shape index (κ3) is 5.40. The first-order valence-electron chi connectivity index (χ1n) is 10.9. The maximum Gasteiger partial charge on any atom is 0.141 e. The van der Waals surface area contributed by atoms with Crippen molar-refractivity contribution in [2.75, 3.05) is 11.9 Å². The van der Waals surface area contributed by atoms with Crippen LogP contribution in [0, 0.1) is 5.82 Å². The number of hydrogen-bond donors (Lipinski definition) is 2. The lowest BCUT2D eigenvalue weighted by atomic mass is 10.1. The first-order valence-corrected chi connectivity index (χ1v) is 12.2. The van der Waals surface area contributed by atoms with Gasteiger partial charge < -0.3 is 15.8 Å². The van der Waals surface area contributed by atoms with E-state index in [0.717, 1.165) is 44.8 Å². The van der Waals surface area contributed by atoms with Crippen LogP contribution < -0.4 is 15.8 Å². The highest BCUT2D eigenvalue weighted by Gasteiger charge is 2.11. The Bertz CT molecular complexity index is 1490. The van der Waals surface area contributed by atoms with E-state index in [2.05, 4.69) is 20.3 Å². The summed E-state index contributed by atoms with van der Waals surface area (Å²) in [5, 5.41) is 7.66. The summed E-state index contributed by atoms with van der Waals surface area (Å²) in [5.74, 6) is 0.856. The number of nitrogens with zero attached hydrogens (tertiary/aromatic N) is 3. The lowest BCUT2D eigenvalue weighted by molar-refractivity contribution is 0.306. The lowest BCUT2D eigenvalue weighted by Crippen LogP contribution is -2.02. The second-order valence-electron chi connectivity index (χ2n) is 7.81. The zero-order valence-electron chi connectivity index (χ0n) is 18.5. The van der Waals surface area contributed by atoms with Crippen LogP contribution in [0.3, 0.4) is 0 Å². The van der Waals surface area contributed by atoms with Gasteiger partial charge in [-0.1, -0.05) is 29.8 Å². The number of anilines is 2. The van der Waals surface area contributed by atoms with Crippen molar-refractivity contribution in [1.82, 2.24) is 15.0 Å². The minimum atomic E-state index is -0.303. The molecule has 0 saturated heterocycles. The molecule has 0 atom stereocenters. The predicted molar refractivity (Wildman–Crippen MR) is 139 cm³/mol. The summed E-state index contributed by atoms with van der Waals surface area (Å²) in [7, 11) is 0. The van der Waals surface area contributed by atoms with Crippen LogP contribution in [0.4, 0.5) is 15.9 Å². The summed E-state index contributed by atoms with van der Waals surface area (Å²) in [6, 6.07) is 17.6. The molecule has 6 nitrogen and oxygen atoms in total. The molecule has 0 unspecified atom stereocenters. The molecule has 0 aliphatic rings. The van der Waals surface area contributed by atoms with E-state index in [0.29, 0.717) is 23.1 Å². The molecule has 0 amide bonds. The number of fused-ring (bicyclic) bond motifs is 1. The van der Waals surface area contributed by atoms with E-state index in [1.807, 2.05) is 29.6 Å². The molecule has 0 saturated carbocycles. The number of nitrogens with two attached hydrogens (primary N) is 1. The van der Waals surface area contributed by atoms with Crippen LogP contribution in [-0.4, -0.2) is 21.5 Å². The Kier molecular flexibility index (Phi) is 6.85. The molecule has 0 aliphatic carbocycles. The Labute approximate surface area is 210 Å². The minimum Gasteiger partial charge on any atom is -0.487 e. The minimum absolute atomic E-state index is 0.215. The van der Waals surface area contributed by atoms with Gasteiger partial charge in [-0.05, 0) is 54.6 Å². The molecule has 176 valence electrons. The molecule has 3 N–H and O–H groups in total. The average molecular weight is 506 g/mol. The van der Waals surface area contributed by atoms with Crippen LogP contribution in [0.15, 0.2) is 72.4 Å². The quantitative estimate of drug-likeness (QED) is 0.255. The summed E-state index contributed by atoms with van der Waals surface area (Å²) in [5.41, 5.74) is 9.82. The number of aromatic nitrogens is 3. The maximum absolute atomic E-state index is 13.4. The summed E-state index contributed by atoms with van der Waals surface area (Å²) in [6.45, 7) is 0.789. The van der Waals surface area contributed by atoms with Crippen molar-refractivity contribution in [3.05, 3.63) is 93.8 Å². The molecule has 35 heavy (non-hydrogen) atoms. The summed E-state index contributed by atoms with van der Waals surface area (Å²) in [6.07, 6.45) is 2.28. The number of benzene rings is 3. The number of halogens is 2. The van der Waals surface area contributed by atoms with Crippen molar-refractivity contribution in [3.63, 3.8) is 0 Å². The number of rotatable bonds is 8. The molecule has 0 bridgehead atoms. The largest absolute Gasteiger partial charge is 0.487 e. The average Bonchev–Trinajstić information content (AvgIpc) is 3.32. The number of ether oxygens (including phenoxy) is 1. The van der Waals surface area contributed by atoms with E-state index < -0.39 is 0 Å². The van der Waals surface area contributed by atoms with Gasteiger partial charge in [-0.3, -0.25) is 0 Å². The highest BCUT2D eigenvalue weighted by atomic mass is 35.5. The van der Waals surface area contributed by atoms with Crippen LogP contribution in [0.1, 0.15) is 10.6 Å². The topological polar surface area (TPSA) is 86.0 Å². The van der Waals surface area contributed by atoms with Crippen LogP contribution in [0.25, 0.3) is 22.2 Å². The van der Waals surface area contributed by atoms with Gasteiger partial charge in [0.2, 0.25) is 0 Å². The standard InChI is InChI=1S/C26H21ClFN5OS/c27-21-12-19(5-7-24(21)34-13-16-2-1-3-18(28)10-16)32-26-20-11-17(4-6-22(20)30-15-31-26)23-14-35-25(33-23)8-9-29/h1-7,10-12,14-15H,8-9,13,29H2,(H,30,31,32). The molecule has 0 radical (unpaired) electrons. The Hall–Kier alpha value is -3.59. The molecule has 0 aliphatic heterocycles. The Morgan fingerprint density at radius 2 is 1.97 bits per heavy atom. The van der Waals surface area contributed by atoms with Crippen molar-refractivity contribution in [1.29, 1.82) is 0 Å². The monoisotopic (exact) mass is 505 g/mol. The third-order valence-corrected chi connectivity index (χ3v) is 6.52. The summed E-state index contributed by atoms with van der Waals surface area (Å²) >= 11 is 8.06. The van der Waals surface area contributed by atoms with E-state index >= 15 is 0 Å². The SMILES string of the molecule is NCCc1nc(-c2ccc3ncnc(Nc4ccc(OCc5cccc(F)c5)c(Cl)c4)c3c2)cs1. The van der Waals surface area contributed by atoms with Gasteiger partial charge in [-0.25, -0.2) is 19.3 Å². The first kappa shape index (κ1) is 23.2. The Balaban J connectivity index is 1.37. The number of nitrogens with one attached hydrogen (secondary N) is 1. The smallest absolute Gasteiger partial charge is 0.141 e. The Morgan fingerprint density at radius 1 is 1.06 bits per heavy atom.